The molecule has 0 radical (unpaired) electrons. The average Bonchev–Trinajstić information content (AvgIpc) is 2.84. The molecule has 38 heavy (non-hydrogen) atoms. The van der Waals surface area contributed by atoms with E-state index in [9.17, 15) is 21.6 Å². The quantitative estimate of drug-likeness (QED) is 0.428. The smallest absolute Gasteiger partial charge is 0.264 e. The zero-order valence-corrected chi connectivity index (χ0v) is 23.5. The van der Waals surface area contributed by atoms with Crippen LogP contribution in [0.5, 0.6) is 0 Å². The number of sulfonamides is 2. The standard InChI is InChI=1S/C25H28ClN5O5S2/c1-16-10-12-31(13-11-16)38(35,36)21-8-9-23(26)22(15-21)24(32)29-19-4-6-20(7-5-19)37(33,34)30-25-27-17(2)14-18(3)28-25/h4-9,14-16H,10-13H2,1-3H3,(H,29,32)(H,27,28,30). The lowest BCUT2D eigenvalue weighted by Crippen LogP contribution is -2.37. The lowest BCUT2D eigenvalue weighted by Gasteiger charge is -2.29. The Labute approximate surface area is 227 Å². The first kappa shape index (κ1) is 28.0. The number of aryl methyl sites for hydroxylation is 2. The van der Waals surface area contributed by atoms with Crippen LogP contribution < -0.4 is 10.0 Å². The number of anilines is 2. The van der Waals surface area contributed by atoms with Crippen molar-refractivity contribution in [3.8, 4) is 0 Å². The van der Waals surface area contributed by atoms with Gasteiger partial charge in [0.05, 0.1) is 20.4 Å². The first-order valence-corrected chi connectivity index (χ1v) is 15.2. The fourth-order valence-corrected chi connectivity index (χ4v) is 6.72. The largest absolute Gasteiger partial charge is 0.322 e. The molecule has 2 N–H and O–H groups in total. The predicted molar refractivity (Wildman–Crippen MR) is 145 cm³/mol. The highest BCUT2D eigenvalue weighted by Gasteiger charge is 2.29. The normalized spacial score (nSPS) is 15.3. The van der Waals surface area contributed by atoms with Gasteiger partial charge in [-0.15, -0.1) is 0 Å². The molecule has 10 nitrogen and oxygen atoms in total. The number of rotatable bonds is 7. The highest BCUT2D eigenvalue weighted by atomic mass is 35.5. The molecule has 1 aliphatic rings. The van der Waals surface area contributed by atoms with E-state index in [1.807, 2.05) is 0 Å². The van der Waals surface area contributed by atoms with Gasteiger partial charge in [-0.1, -0.05) is 18.5 Å². The van der Waals surface area contributed by atoms with Crippen LogP contribution in [0.4, 0.5) is 11.6 Å². The summed E-state index contributed by atoms with van der Waals surface area (Å²) < 4.78 is 55.5. The Balaban J connectivity index is 1.49. The molecule has 0 saturated carbocycles. The average molecular weight is 578 g/mol. The van der Waals surface area contributed by atoms with Crippen molar-refractivity contribution < 1.29 is 21.6 Å². The Kier molecular flexibility index (Phi) is 8.07. The van der Waals surface area contributed by atoms with Crippen LogP contribution in [0.15, 0.2) is 58.3 Å². The highest BCUT2D eigenvalue weighted by Crippen LogP contribution is 2.27. The fourth-order valence-electron chi connectivity index (χ4n) is 4.08. The number of piperidine rings is 1. The second-order valence-corrected chi connectivity index (χ2v) is 13.3. The summed E-state index contributed by atoms with van der Waals surface area (Å²) in [6.07, 6.45) is 1.55. The summed E-state index contributed by atoms with van der Waals surface area (Å²) in [5.74, 6) is -0.203. The number of halogens is 1. The van der Waals surface area contributed by atoms with Gasteiger partial charge < -0.3 is 5.32 Å². The number of hydrogen-bond donors (Lipinski definition) is 2. The Morgan fingerprint density at radius 2 is 1.50 bits per heavy atom. The van der Waals surface area contributed by atoms with Gasteiger partial charge in [-0.25, -0.2) is 31.5 Å². The number of nitrogens with one attached hydrogen (secondary N) is 2. The molecule has 1 aromatic heterocycles. The molecule has 2 heterocycles. The number of hydrogen-bond acceptors (Lipinski definition) is 7. The van der Waals surface area contributed by atoms with Crippen LogP contribution in [0.3, 0.4) is 0 Å². The molecule has 1 aliphatic heterocycles. The van der Waals surface area contributed by atoms with Crippen molar-refractivity contribution >= 4 is 49.2 Å². The van der Waals surface area contributed by atoms with Crippen LogP contribution in [0.25, 0.3) is 0 Å². The van der Waals surface area contributed by atoms with E-state index in [1.165, 1.54) is 46.8 Å². The molecule has 0 aliphatic carbocycles. The molecular formula is C25H28ClN5O5S2. The third-order valence-corrected chi connectivity index (χ3v) is 9.76. The number of benzene rings is 2. The van der Waals surface area contributed by atoms with Crippen LogP contribution in [-0.4, -0.2) is 50.1 Å². The molecule has 3 aromatic rings. The summed E-state index contributed by atoms with van der Waals surface area (Å²) in [5, 5.41) is 2.72. The Morgan fingerprint density at radius 1 is 0.921 bits per heavy atom. The Hall–Kier alpha value is -3.06. The van der Waals surface area contributed by atoms with Crippen LogP contribution >= 0.6 is 11.6 Å². The van der Waals surface area contributed by atoms with Crippen molar-refractivity contribution in [1.82, 2.24) is 14.3 Å². The maximum atomic E-state index is 13.1. The lowest BCUT2D eigenvalue weighted by atomic mass is 10.0. The van der Waals surface area contributed by atoms with Crippen LogP contribution in [-0.2, 0) is 20.0 Å². The summed E-state index contributed by atoms with van der Waals surface area (Å²) in [6, 6.07) is 11.2. The van der Waals surface area contributed by atoms with Gasteiger partial charge in [0.25, 0.3) is 15.9 Å². The molecule has 1 fully saturated rings. The summed E-state index contributed by atoms with van der Waals surface area (Å²) >= 11 is 6.23. The number of amides is 1. The predicted octanol–water partition coefficient (Wildman–Crippen LogP) is 4.22. The van der Waals surface area contributed by atoms with Gasteiger partial charge in [0.1, 0.15) is 0 Å². The highest BCUT2D eigenvalue weighted by molar-refractivity contribution is 7.92. The van der Waals surface area contributed by atoms with E-state index in [1.54, 1.807) is 19.9 Å². The molecule has 1 amide bonds. The van der Waals surface area contributed by atoms with Crippen molar-refractivity contribution in [3.63, 3.8) is 0 Å². The number of carbonyl (C=O) groups is 1. The number of carbonyl (C=O) groups excluding carboxylic acids is 1. The summed E-state index contributed by atoms with van der Waals surface area (Å²) in [6.45, 7) is 6.40. The Morgan fingerprint density at radius 3 is 2.11 bits per heavy atom. The summed E-state index contributed by atoms with van der Waals surface area (Å²) in [7, 11) is -7.74. The molecule has 13 heteroatoms. The van der Waals surface area contributed by atoms with Gasteiger partial charge in [-0.3, -0.25) is 4.79 Å². The van der Waals surface area contributed by atoms with Crippen molar-refractivity contribution in [2.45, 2.75) is 43.4 Å². The molecule has 0 spiro atoms. The van der Waals surface area contributed by atoms with Crippen LogP contribution in [0, 0.1) is 19.8 Å². The maximum absolute atomic E-state index is 13.1. The minimum Gasteiger partial charge on any atom is -0.322 e. The van der Waals surface area contributed by atoms with E-state index in [4.69, 9.17) is 11.6 Å². The summed E-state index contributed by atoms with van der Waals surface area (Å²) in [5.41, 5.74) is 1.53. The molecule has 202 valence electrons. The van der Waals surface area contributed by atoms with Gasteiger partial charge in [0, 0.05) is 30.2 Å². The van der Waals surface area contributed by atoms with Gasteiger partial charge >= 0.3 is 0 Å². The minimum atomic E-state index is -3.97. The third kappa shape index (κ3) is 6.32. The van der Waals surface area contributed by atoms with Gasteiger partial charge in [0.15, 0.2) is 0 Å². The molecule has 0 unspecified atom stereocenters. The minimum absolute atomic E-state index is 0.0107. The zero-order valence-electron chi connectivity index (χ0n) is 21.1. The number of nitrogens with zero attached hydrogens (tertiary/aromatic N) is 3. The second-order valence-electron chi connectivity index (χ2n) is 9.29. The SMILES string of the molecule is Cc1cc(C)nc(NS(=O)(=O)c2ccc(NC(=O)c3cc(S(=O)(=O)N4CCC(C)CC4)ccc3Cl)cc2)n1. The van der Waals surface area contributed by atoms with Crippen molar-refractivity contribution in [3.05, 3.63) is 70.5 Å². The van der Waals surface area contributed by atoms with E-state index in [0.717, 1.165) is 12.8 Å². The van der Waals surface area contributed by atoms with Crippen molar-refractivity contribution in [1.29, 1.82) is 0 Å². The zero-order chi connectivity index (χ0) is 27.7. The third-order valence-electron chi connectivity index (χ3n) is 6.19. The number of aromatic nitrogens is 2. The fraction of sp³-hybridized carbons (Fsp3) is 0.320. The molecular weight excluding hydrogens is 550 g/mol. The van der Waals surface area contributed by atoms with E-state index < -0.39 is 26.0 Å². The van der Waals surface area contributed by atoms with E-state index in [0.29, 0.717) is 36.1 Å². The van der Waals surface area contributed by atoms with E-state index in [2.05, 4.69) is 26.9 Å². The topological polar surface area (TPSA) is 138 Å². The monoisotopic (exact) mass is 577 g/mol. The maximum Gasteiger partial charge on any atom is 0.264 e. The van der Waals surface area contributed by atoms with E-state index in [-0.39, 0.29) is 26.3 Å². The summed E-state index contributed by atoms with van der Waals surface area (Å²) in [4.78, 5) is 21.1. The van der Waals surface area contributed by atoms with Crippen LogP contribution in [0.1, 0.15) is 41.5 Å². The first-order valence-electron chi connectivity index (χ1n) is 11.9. The van der Waals surface area contributed by atoms with Gasteiger partial charge in [0.2, 0.25) is 16.0 Å². The van der Waals surface area contributed by atoms with Crippen molar-refractivity contribution in [2.24, 2.45) is 5.92 Å². The van der Waals surface area contributed by atoms with E-state index >= 15 is 0 Å². The molecule has 0 atom stereocenters. The molecule has 4 rings (SSSR count). The molecule has 0 bridgehead atoms. The molecule has 1 saturated heterocycles. The Bertz CT molecular complexity index is 1550. The van der Waals surface area contributed by atoms with Gasteiger partial charge in [-0.2, -0.15) is 4.31 Å². The molecule has 2 aromatic carbocycles. The van der Waals surface area contributed by atoms with Gasteiger partial charge in [-0.05, 0) is 81.1 Å². The first-order chi connectivity index (χ1) is 17.8. The van der Waals surface area contributed by atoms with Crippen molar-refractivity contribution in [2.75, 3.05) is 23.1 Å². The lowest BCUT2D eigenvalue weighted by molar-refractivity contribution is 0.102. The second kappa shape index (κ2) is 11.0. The van der Waals surface area contributed by atoms with Crippen LogP contribution in [0.2, 0.25) is 5.02 Å².